The molecule has 1 aromatic rings. The average molecular weight is 192 g/mol. The van der Waals surface area contributed by atoms with Gasteiger partial charge in [0.1, 0.15) is 5.60 Å². The van der Waals surface area contributed by atoms with Crippen molar-refractivity contribution in [2.75, 3.05) is 13.2 Å². The summed E-state index contributed by atoms with van der Waals surface area (Å²) < 4.78 is 5.22. The molecule has 0 bridgehead atoms. The van der Waals surface area contributed by atoms with E-state index >= 15 is 0 Å². The van der Waals surface area contributed by atoms with Gasteiger partial charge >= 0.3 is 0 Å². The van der Waals surface area contributed by atoms with Crippen molar-refractivity contribution in [1.82, 2.24) is 0 Å². The summed E-state index contributed by atoms with van der Waals surface area (Å²) in [6.45, 7) is 3.22. The van der Waals surface area contributed by atoms with Crippen LogP contribution in [0.5, 0.6) is 0 Å². The molecule has 14 heavy (non-hydrogen) atoms. The standard InChI is InChI=1S/C12H16O2/c1-2-10-3-5-11(6-4-10)12(13)7-8-14-9-12/h3-6,13H,2,7-9H2,1H3. The van der Waals surface area contributed by atoms with Gasteiger partial charge in [-0.3, -0.25) is 0 Å². The highest BCUT2D eigenvalue weighted by Gasteiger charge is 2.33. The predicted octanol–water partition coefficient (Wildman–Crippen LogP) is 1.86. The van der Waals surface area contributed by atoms with E-state index < -0.39 is 5.60 Å². The van der Waals surface area contributed by atoms with E-state index in [1.165, 1.54) is 5.56 Å². The smallest absolute Gasteiger partial charge is 0.115 e. The Bertz CT molecular complexity index is 297. The van der Waals surface area contributed by atoms with E-state index in [-0.39, 0.29) is 0 Å². The van der Waals surface area contributed by atoms with Gasteiger partial charge in [-0.15, -0.1) is 0 Å². The number of benzene rings is 1. The van der Waals surface area contributed by atoms with E-state index in [0.717, 1.165) is 12.0 Å². The average Bonchev–Trinajstić information content (AvgIpc) is 2.67. The lowest BCUT2D eigenvalue weighted by Gasteiger charge is -2.20. The maximum atomic E-state index is 10.2. The number of aliphatic hydroxyl groups is 1. The lowest BCUT2D eigenvalue weighted by molar-refractivity contribution is 0.0232. The molecule has 0 radical (unpaired) electrons. The molecule has 0 spiro atoms. The summed E-state index contributed by atoms with van der Waals surface area (Å²) in [5.41, 5.74) is 1.54. The highest BCUT2D eigenvalue weighted by Crippen LogP contribution is 2.30. The molecule has 0 saturated carbocycles. The van der Waals surface area contributed by atoms with Crippen molar-refractivity contribution in [3.8, 4) is 0 Å². The Morgan fingerprint density at radius 1 is 1.36 bits per heavy atom. The van der Waals surface area contributed by atoms with Crippen molar-refractivity contribution >= 4 is 0 Å². The zero-order valence-corrected chi connectivity index (χ0v) is 8.49. The third-order valence-electron chi connectivity index (χ3n) is 2.90. The minimum Gasteiger partial charge on any atom is -0.383 e. The molecule has 2 rings (SSSR count). The molecule has 0 aromatic heterocycles. The normalized spacial score (nSPS) is 26.7. The second kappa shape index (κ2) is 3.71. The van der Waals surface area contributed by atoms with Crippen molar-refractivity contribution in [1.29, 1.82) is 0 Å². The molecule has 1 unspecified atom stereocenters. The van der Waals surface area contributed by atoms with Gasteiger partial charge in [0.15, 0.2) is 0 Å². The Morgan fingerprint density at radius 2 is 2.07 bits per heavy atom. The molecule has 1 heterocycles. The van der Waals surface area contributed by atoms with Crippen molar-refractivity contribution in [3.63, 3.8) is 0 Å². The molecule has 1 aromatic carbocycles. The maximum Gasteiger partial charge on any atom is 0.115 e. The minimum absolute atomic E-state index is 0.429. The van der Waals surface area contributed by atoms with Crippen molar-refractivity contribution < 1.29 is 9.84 Å². The Labute approximate surface area is 84.5 Å². The zero-order chi connectivity index (χ0) is 10.0. The fraction of sp³-hybridized carbons (Fsp3) is 0.500. The monoisotopic (exact) mass is 192 g/mol. The van der Waals surface area contributed by atoms with E-state index in [4.69, 9.17) is 4.74 Å². The molecule has 1 aliphatic heterocycles. The van der Waals surface area contributed by atoms with Gasteiger partial charge in [0.05, 0.1) is 6.61 Å². The third-order valence-corrected chi connectivity index (χ3v) is 2.90. The first-order valence-corrected chi connectivity index (χ1v) is 5.14. The molecular formula is C12H16O2. The topological polar surface area (TPSA) is 29.5 Å². The highest BCUT2D eigenvalue weighted by molar-refractivity contribution is 5.27. The maximum absolute atomic E-state index is 10.2. The molecule has 1 atom stereocenters. The summed E-state index contributed by atoms with van der Waals surface area (Å²) in [7, 11) is 0. The third kappa shape index (κ3) is 1.68. The van der Waals surface area contributed by atoms with Crippen LogP contribution in [-0.4, -0.2) is 18.3 Å². The second-order valence-corrected chi connectivity index (χ2v) is 3.88. The first kappa shape index (κ1) is 9.69. The fourth-order valence-electron chi connectivity index (χ4n) is 1.83. The molecule has 1 aliphatic rings. The Kier molecular flexibility index (Phi) is 2.57. The molecule has 1 saturated heterocycles. The van der Waals surface area contributed by atoms with Gasteiger partial charge in [-0.2, -0.15) is 0 Å². The summed E-state index contributed by atoms with van der Waals surface area (Å²) in [5.74, 6) is 0. The van der Waals surface area contributed by atoms with E-state index in [0.29, 0.717) is 19.6 Å². The largest absolute Gasteiger partial charge is 0.383 e. The molecule has 2 nitrogen and oxygen atoms in total. The summed E-state index contributed by atoms with van der Waals surface area (Å²) >= 11 is 0. The van der Waals surface area contributed by atoms with Gasteiger partial charge in [0.25, 0.3) is 0 Å². The van der Waals surface area contributed by atoms with Gasteiger partial charge in [-0.05, 0) is 17.5 Å². The van der Waals surface area contributed by atoms with Crippen LogP contribution in [0.25, 0.3) is 0 Å². The fourth-order valence-corrected chi connectivity index (χ4v) is 1.83. The highest BCUT2D eigenvalue weighted by atomic mass is 16.5. The number of hydrogen-bond acceptors (Lipinski definition) is 2. The minimum atomic E-state index is -0.744. The van der Waals surface area contributed by atoms with Crippen molar-refractivity contribution in [2.24, 2.45) is 0 Å². The summed E-state index contributed by atoms with van der Waals surface area (Å²) in [4.78, 5) is 0. The predicted molar refractivity (Wildman–Crippen MR) is 55.2 cm³/mol. The van der Waals surface area contributed by atoms with Crippen LogP contribution >= 0.6 is 0 Å². The van der Waals surface area contributed by atoms with Gasteiger partial charge in [0.2, 0.25) is 0 Å². The summed E-state index contributed by atoms with van der Waals surface area (Å²) in [5, 5.41) is 10.2. The van der Waals surface area contributed by atoms with Crippen LogP contribution < -0.4 is 0 Å². The van der Waals surface area contributed by atoms with Gasteiger partial charge in [-0.25, -0.2) is 0 Å². The van der Waals surface area contributed by atoms with Crippen molar-refractivity contribution in [2.45, 2.75) is 25.4 Å². The zero-order valence-electron chi connectivity index (χ0n) is 8.49. The second-order valence-electron chi connectivity index (χ2n) is 3.88. The molecule has 1 fully saturated rings. The van der Waals surface area contributed by atoms with E-state index in [2.05, 4.69) is 19.1 Å². The number of hydrogen-bond donors (Lipinski definition) is 1. The quantitative estimate of drug-likeness (QED) is 0.775. The first-order chi connectivity index (χ1) is 6.74. The van der Waals surface area contributed by atoms with Crippen LogP contribution in [0.2, 0.25) is 0 Å². The first-order valence-electron chi connectivity index (χ1n) is 5.14. The van der Waals surface area contributed by atoms with E-state index in [1.807, 2.05) is 12.1 Å². The van der Waals surface area contributed by atoms with Crippen LogP contribution in [0.4, 0.5) is 0 Å². The van der Waals surface area contributed by atoms with Crippen molar-refractivity contribution in [3.05, 3.63) is 35.4 Å². The molecule has 76 valence electrons. The van der Waals surface area contributed by atoms with Crippen LogP contribution in [0, 0.1) is 0 Å². The SMILES string of the molecule is CCc1ccc(C2(O)CCOC2)cc1. The van der Waals surface area contributed by atoms with Crippen LogP contribution in [0.3, 0.4) is 0 Å². The van der Waals surface area contributed by atoms with Crippen LogP contribution in [-0.2, 0) is 16.8 Å². The Morgan fingerprint density at radius 3 is 2.57 bits per heavy atom. The molecule has 1 N–H and O–H groups in total. The Balaban J connectivity index is 2.23. The molecule has 2 heteroatoms. The summed E-state index contributed by atoms with van der Waals surface area (Å²) in [6.07, 6.45) is 1.74. The van der Waals surface area contributed by atoms with Gasteiger partial charge in [-0.1, -0.05) is 31.2 Å². The molecule has 0 amide bonds. The number of aryl methyl sites for hydroxylation is 1. The van der Waals surface area contributed by atoms with Gasteiger partial charge < -0.3 is 9.84 Å². The van der Waals surface area contributed by atoms with E-state index in [1.54, 1.807) is 0 Å². The Hall–Kier alpha value is -0.860. The van der Waals surface area contributed by atoms with E-state index in [9.17, 15) is 5.11 Å². The molecular weight excluding hydrogens is 176 g/mol. The number of ether oxygens (including phenoxy) is 1. The van der Waals surface area contributed by atoms with Crippen LogP contribution in [0.15, 0.2) is 24.3 Å². The molecule has 0 aliphatic carbocycles. The van der Waals surface area contributed by atoms with Crippen LogP contribution in [0.1, 0.15) is 24.5 Å². The number of rotatable bonds is 2. The van der Waals surface area contributed by atoms with Gasteiger partial charge in [0, 0.05) is 13.0 Å². The summed E-state index contributed by atoms with van der Waals surface area (Å²) in [6, 6.07) is 8.16. The lowest BCUT2D eigenvalue weighted by atomic mass is 9.92. The lowest BCUT2D eigenvalue weighted by Crippen LogP contribution is -2.25.